The van der Waals surface area contributed by atoms with Crippen LogP contribution in [0.1, 0.15) is 23.6 Å². The van der Waals surface area contributed by atoms with Gasteiger partial charge in [0.2, 0.25) is 5.91 Å². The van der Waals surface area contributed by atoms with E-state index in [9.17, 15) is 14.9 Å². The second-order valence-electron chi connectivity index (χ2n) is 8.11. The van der Waals surface area contributed by atoms with Gasteiger partial charge in [0.1, 0.15) is 0 Å². The number of amides is 1. The number of aromatic nitrogens is 1. The average Bonchev–Trinajstić information content (AvgIpc) is 2.68. The minimum Gasteiger partial charge on any atom is -0.341 e. The lowest BCUT2D eigenvalue weighted by atomic mass is 9.80. The molecule has 0 radical (unpaired) electrons. The van der Waals surface area contributed by atoms with Crippen LogP contribution in [0.5, 0.6) is 0 Å². The van der Waals surface area contributed by atoms with E-state index in [1.165, 1.54) is 0 Å². The van der Waals surface area contributed by atoms with Gasteiger partial charge in [-0.15, -0.1) is 0 Å². The van der Waals surface area contributed by atoms with Gasteiger partial charge in [0.05, 0.1) is 18.2 Å². The molecule has 1 amide bonds. The first kappa shape index (κ1) is 18.5. The highest BCUT2D eigenvalue weighted by molar-refractivity contribution is 5.78. The van der Waals surface area contributed by atoms with Crippen LogP contribution in [0.4, 0.5) is 0 Å². The number of benzene rings is 1. The third-order valence-electron chi connectivity index (χ3n) is 5.70. The molecule has 4 rings (SSSR count). The molecular weight excluding hydrogens is 352 g/mol. The molecule has 1 saturated heterocycles. The van der Waals surface area contributed by atoms with Crippen molar-refractivity contribution < 1.29 is 4.79 Å². The van der Waals surface area contributed by atoms with Crippen LogP contribution >= 0.6 is 0 Å². The van der Waals surface area contributed by atoms with Crippen LogP contribution in [0.25, 0.3) is 11.1 Å². The van der Waals surface area contributed by atoms with Crippen molar-refractivity contribution >= 4 is 5.91 Å². The van der Waals surface area contributed by atoms with Gasteiger partial charge in [-0.2, -0.15) is 5.26 Å². The molecule has 2 aliphatic heterocycles. The standard InChI is InChI=1S/C22H24N4O2/c1-24(2)14-21(28)25-11-16-9-18(13-25)22-19(6-7-20(27)26(22)12-16)17-5-3-4-15(8-17)10-23/h3-8,16,18H,9,11-14H2,1-2H3/t16-,18-/m1/s1. The van der Waals surface area contributed by atoms with E-state index in [0.717, 1.165) is 23.2 Å². The predicted molar refractivity (Wildman–Crippen MR) is 107 cm³/mol. The lowest BCUT2D eigenvalue weighted by molar-refractivity contribution is -0.134. The van der Waals surface area contributed by atoms with Crippen molar-refractivity contribution in [2.24, 2.45) is 5.92 Å². The van der Waals surface area contributed by atoms with Gasteiger partial charge in [0.15, 0.2) is 0 Å². The summed E-state index contributed by atoms with van der Waals surface area (Å²) in [5.41, 5.74) is 3.54. The third kappa shape index (κ3) is 3.34. The third-order valence-corrected chi connectivity index (χ3v) is 5.70. The Morgan fingerprint density at radius 3 is 2.79 bits per heavy atom. The summed E-state index contributed by atoms with van der Waals surface area (Å²) in [5.74, 6) is 0.573. The second-order valence-corrected chi connectivity index (χ2v) is 8.11. The van der Waals surface area contributed by atoms with E-state index in [1.807, 2.05) is 52.7 Å². The number of likely N-dealkylation sites (N-methyl/N-ethyl adjacent to an activating group) is 1. The summed E-state index contributed by atoms with van der Waals surface area (Å²) >= 11 is 0. The lowest BCUT2D eigenvalue weighted by Crippen LogP contribution is -2.51. The van der Waals surface area contributed by atoms with Crippen LogP contribution < -0.4 is 5.56 Å². The maximum absolute atomic E-state index is 12.6. The summed E-state index contributed by atoms with van der Waals surface area (Å²) < 4.78 is 1.89. The van der Waals surface area contributed by atoms with Gasteiger partial charge in [-0.05, 0) is 50.2 Å². The van der Waals surface area contributed by atoms with E-state index >= 15 is 0 Å². The molecule has 28 heavy (non-hydrogen) atoms. The normalized spacial score (nSPS) is 20.6. The summed E-state index contributed by atoms with van der Waals surface area (Å²) in [6, 6.07) is 13.2. The fraction of sp³-hybridized carbons (Fsp3) is 0.409. The summed E-state index contributed by atoms with van der Waals surface area (Å²) in [5, 5.41) is 9.25. The van der Waals surface area contributed by atoms with Gasteiger partial charge < -0.3 is 14.4 Å². The molecule has 0 saturated carbocycles. The molecule has 0 N–H and O–H groups in total. The van der Waals surface area contributed by atoms with Crippen LogP contribution in [0.3, 0.4) is 0 Å². The summed E-state index contributed by atoms with van der Waals surface area (Å²) in [7, 11) is 3.80. The number of carbonyl (C=O) groups is 1. The van der Waals surface area contributed by atoms with Gasteiger partial charge in [0.25, 0.3) is 5.56 Å². The largest absolute Gasteiger partial charge is 0.341 e. The molecule has 6 heteroatoms. The SMILES string of the molecule is CN(C)CC(=O)N1C[C@H]2C[C@H](C1)c1c(-c3cccc(C#N)c3)ccc(=O)n1C2. The lowest BCUT2D eigenvalue weighted by Gasteiger charge is -2.43. The minimum absolute atomic E-state index is 0.0120. The van der Waals surface area contributed by atoms with Crippen molar-refractivity contribution in [3.8, 4) is 17.2 Å². The number of fused-ring (bicyclic) bond motifs is 4. The smallest absolute Gasteiger partial charge is 0.250 e. The molecule has 0 spiro atoms. The van der Waals surface area contributed by atoms with E-state index in [0.29, 0.717) is 37.7 Å². The number of pyridine rings is 1. The van der Waals surface area contributed by atoms with E-state index in [1.54, 1.807) is 12.1 Å². The molecule has 2 aromatic rings. The second kappa shape index (κ2) is 7.25. The highest BCUT2D eigenvalue weighted by Crippen LogP contribution is 2.40. The Balaban J connectivity index is 1.76. The topological polar surface area (TPSA) is 69.3 Å². The number of likely N-dealkylation sites (tertiary alicyclic amines) is 1. The summed E-state index contributed by atoms with van der Waals surface area (Å²) in [6.45, 7) is 2.39. The molecule has 6 nitrogen and oxygen atoms in total. The van der Waals surface area contributed by atoms with Gasteiger partial charge >= 0.3 is 0 Å². The van der Waals surface area contributed by atoms with E-state index in [2.05, 4.69) is 6.07 Å². The molecule has 0 aliphatic carbocycles. The molecule has 144 valence electrons. The van der Waals surface area contributed by atoms with Crippen molar-refractivity contribution in [1.29, 1.82) is 5.26 Å². The van der Waals surface area contributed by atoms with Crippen LogP contribution in [0.15, 0.2) is 41.2 Å². The maximum Gasteiger partial charge on any atom is 0.250 e. The Labute approximate surface area is 164 Å². The van der Waals surface area contributed by atoms with Crippen molar-refractivity contribution in [3.63, 3.8) is 0 Å². The average molecular weight is 376 g/mol. The highest BCUT2D eigenvalue weighted by Gasteiger charge is 2.37. The van der Waals surface area contributed by atoms with Crippen molar-refractivity contribution in [3.05, 3.63) is 58.0 Å². The number of nitrogens with zero attached hydrogens (tertiary/aromatic N) is 4. The number of hydrogen-bond acceptors (Lipinski definition) is 4. The molecule has 2 aliphatic rings. The van der Waals surface area contributed by atoms with Crippen LogP contribution in [0.2, 0.25) is 0 Å². The van der Waals surface area contributed by atoms with Crippen LogP contribution in [-0.2, 0) is 11.3 Å². The Morgan fingerprint density at radius 2 is 2.04 bits per heavy atom. The van der Waals surface area contributed by atoms with Gasteiger partial charge in [-0.1, -0.05) is 12.1 Å². The van der Waals surface area contributed by atoms with E-state index in [4.69, 9.17) is 0 Å². The van der Waals surface area contributed by atoms with Gasteiger partial charge in [-0.3, -0.25) is 9.59 Å². The van der Waals surface area contributed by atoms with Gasteiger partial charge in [-0.25, -0.2) is 0 Å². The Morgan fingerprint density at radius 1 is 1.21 bits per heavy atom. The van der Waals surface area contributed by atoms with Crippen molar-refractivity contribution in [2.75, 3.05) is 33.7 Å². The molecule has 2 atom stereocenters. The maximum atomic E-state index is 12.6. The van der Waals surface area contributed by atoms with Crippen LogP contribution in [0, 0.1) is 17.2 Å². The molecule has 0 unspecified atom stereocenters. The monoisotopic (exact) mass is 376 g/mol. The predicted octanol–water partition coefficient (Wildman–Crippen LogP) is 1.89. The minimum atomic E-state index is 0.0120. The Bertz CT molecular complexity index is 1020. The zero-order valence-electron chi connectivity index (χ0n) is 16.3. The number of hydrogen-bond donors (Lipinski definition) is 0. The van der Waals surface area contributed by atoms with E-state index < -0.39 is 0 Å². The summed E-state index contributed by atoms with van der Waals surface area (Å²) in [6.07, 6.45) is 0.986. The first-order chi connectivity index (χ1) is 13.5. The van der Waals surface area contributed by atoms with Crippen LogP contribution in [-0.4, -0.2) is 54.0 Å². The number of piperidine rings is 1. The summed E-state index contributed by atoms with van der Waals surface area (Å²) in [4.78, 5) is 29.1. The first-order valence-electron chi connectivity index (χ1n) is 9.63. The fourth-order valence-electron chi connectivity index (χ4n) is 4.59. The molecule has 1 aromatic heterocycles. The molecule has 1 fully saturated rings. The zero-order chi connectivity index (χ0) is 19.8. The number of carbonyl (C=O) groups excluding carboxylic acids is 1. The first-order valence-corrected chi connectivity index (χ1v) is 9.63. The molecule has 1 aromatic carbocycles. The Kier molecular flexibility index (Phi) is 4.78. The Hall–Kier alpha value is -2.91. The van der Waals surface area contributed by atoms with Gasteiger partial charge in [0, 0.05) is 42.9 Å². The highest BCUT2D eigenvalue weighted by atomic mass is 16.2. The van der Waals surface area contributed by atoms with Crippen molar-refractivity contribution in [2.45, 2.75) is 18.9 Å². The molecule has 3 heterocycles. The fourth-order valence-corrected chi connectivity index (χ4v) is 4.59. The number of nitriles is 1. The molecular formula is C22H24N4O2. The van der Waals surface area contributed by atoms with Crippen molar-refractivity contribution in [1.82, 2.24) is 14.4 Å². The zero-order valence-corrected chi connectivity index (χ0v) is 16.3. The quantitative estimate of drug-likeness (QED) is 0.820. The molecule has 2 bridgehead atoms. The number of rotatable bonds is 3. The van der Waals surface area contributed by atoms with E-state index in [-0.39, 0.29) is 17.4 Å².